The van der Waals surface area contributed by atoms with Gasteiger partial charge in [-0.15, -0.1) is 0 Å². The average molecular weight is 440 g/mol. The third-order valence-electron chi connectivity index (χ3n) is 5.24. The average Bonchev–Trinajstić information content (AvgIpc) is 2.69. The molecule has 0 radical (unpaired) electrons. The lowest BCUT2D eigenvalue weighted by Crippen LogP contribution is -2.35. The number of unbranched alkanes of at least 4 members (excludes halogenated alkanes) is 2. The van der Waals surface area contributed by atoms with E-state index in [1.807, 2.05) is 65.0 Å². The van der Waals surface area contributed by atoms with Crippen molar-refractivity contribution in [3.05, 3.63) is 47.5 Å². The van der Waals surface area contributed by atoms with Crippen LogP contribution in [-0.2, 0) is 14.3 Å². The molecule has 6 nitrogen and oxygen atoms in total. The van der Waals surface area contributed by atoms with Crippen LogP contribution in [0.25, 0.3) is 11.1 Å². The number of hydrogen-bond donors (Lipinski definition) is 3. The van der Waals surface area contributed by atoms with Crippen molar-refractivity contribution in [2.24, 2.45) is 5.73 Å². The quantitative estimate of drug-likeness (QED) is 0.286. The zero-order valence-corrected chi connectivity index (χ0v) is 20.0. The minimum absolute atomic E-state index is 0.187. The normalized spacial score (nSPS) is 12.3. The fourth-order valence-corrected chi connectivity index (χ4v) is 3.40. The highest BCUT2D eigenvalue weighted by Crippen LogP contribution is 2.27. The molecule has 2 aromatic rings. The van der Waals surface area contributed by atoms with E-state index >= 15 is 0 Å². The van der Waals surface area contributed by atoms with Crippen molar-refractivity contribution in [1.82, 2.24) is 0 Å². The molecule has 0 aromatic heterocycles. The van der Waals surface area contributed by atoms with E-state index in [1.165, 1.54) is 0 Å². The summed E-state index contributed by atoms with van der Waals surface area (Å²) in [7, 11) is 0. The molecule has 1 amide bonds. The Labute approximate surface area is 191 Å². The molecule has 0 aliphatic carbocycles. The molecule has 2 rings (SSSR count). The molecule has 32 heavy (non-hydrogen) atoms. The van der Waals surface area contributed by atoms with Gasteiger partial charge in [-0.25, -0.2) is 0 Å². The predicted molar refractivity (Wildman–Crippen MR) is 131 cm³/mol. The summed E-state index contributed by atoms with van der Waals surface area (Å²) >= 11 is 0. The van der Waals surface area contributed by atoms with Gasteiger partial charge in [0.1, 0.15) is 5.60 Å². The van der Waals surface area contributed by atoms with Crippen molar-refractivity contribution in [3.63, 3.8) is 0 Å². The molecule has 0 unspecified atom stereocenters. The molecular formula is C26H37N3O3. The fourth-order valence-electron chi connectivity index (χ4n) is 3.40. The van der Waals surface area contributed by atoms with Gasteiger partial charge in [0, 0.05) is 17.8 Å². The number of nitrogen functional groups attached to an aromatic ring is 1. The SMILES string of the molecule is Cc1cc(-c2ccc(NC(=O)[C@@H](N)CCCCCC(=O)OC(C)(C)C)c(C)c2)ccc1N. The number of anilines is 2. The first-order chi connectivity index (χ1) is 15.0. The summed E-state index contributed by atoms with van der Waals surface area (Å²) in [4.78, 5) is 24.2. The van der Waals surface area contributed by atoms with Gasteiger partial charge >= 0.3 is 5.97 Å². The summed E-state index contributed by atoms with van der Waals surface area (Å²) in [6.07, 6.45) is 3.30. The standard InChI is InChI=1S/C26H37N3O3/c1-17-15-19(11-13-21(17)27)20-12-14-23(18(2)16-20)29-25(31)22(28)9-7-6-8-10-24(30)32-26(3,4)5/h11-16,22H,6-10,27-28H2,1-5H3,(H,29,31)/t22-/m0/s1. The second kappa shape index (κ2) is 11.1. The van der Waals surface area contributed by atoms with E-state index in [1.54, 1.807) is 0 Å². The third-order valence-corrected chi connectivity index (χ3v) is 5.24. The van der Waals surface area contributed by atoms with Gasteiger partial charge in [-0.05, 0) is 94.0 Å². The Morgan fingerprint density at radius 1 is 0.969 bits per heavy atom. The van der Waals surface area contributed by atoms with Crippen LogP contribution in [0.4, 0.5) is 11.4 Å². The van der Waals surface area contributed by atoms with Crippen LogP contribution < -0.4 is 16.8 Å². The minimum Gasteiger partial charge on any atom is -0.460 e. The number of nitrogens with one attached hydrogen (secondary N) is 1. The first-order valence-corrected chi connectivity index (χ1v) is 11.2. The molecule has 0 spiro atoms. The number of benzene rings is 2. The lowest BCUT2D eigenvalue weighted by Gasteiger charge is -2.19. The summed E-state index contributed by atoms with van der Waals surface area (Å²) in [6, 6.07) is 11.3. The van der Waals surface area contributed by atoms with Crippen LogP contribution >= 0.6 is 0 Å². The maximum atomic E-state index is 12.5. The number of ether oxygens (including phenoxy) is 1. The Balaban J connectivity index is 1.81. The van der Waals surface area contributed by atoms with E-state index in [-0.39, 0.29) is 11.9 Å². The van der Waals surface area contributed by atoms with Gasteiger partial charge in [0.2, 0.25) is 5.91 Å². The molecule has 0 heterocycles. The Morgan fingerprint density at radius 2 is 1.59 bits per heavy atom. The number of hydrogen-bond acceptors (Lipinski definition) is 5. The highest BCUT2D eigenvalue weighted by atomic mass is 16.6. The second-order valence-corrected chi connectivity index (χ2v) is 9.38. The molecule has 5 N–H and O–H groups in total. The zero-order chi connectivity index (χ0) is 23.9. The van der Waals surface area contributed by atoms with Crippen LogP contribution in [0.3, 0.4) is 0 Å². The molecule has 0 fully saturated rings. The number of amides is 1. The van der Waals surface area contributed by atoms with Crippen LogP contribution in [-0.4, -0.2) is 23.5 Å². The van der Waals surface area contributed by atoms with Crippen molar-refractivity contribution < 1.29 is 14.3 Å². The summed E-state index contributed by atoms with van der Waals surface area (Å²) in [5.41, 5.74) is 17.2. The summed E-state index contributed by atoms with van der Waals surface area (Å²) < 4.78 is 5.30. The van der Waals surface area contributed by atoms with Crippen LogP contribution in [0.1, 0.15) is 64.0 Å². The molecular weight excluding hydrogens is 402 g/mol. The lowest BCUT2D eigenvalue weighted by molar-refractivity contribution is -0.154. The van der Waals surface area contributed by atoms with Gasteiger partial charge in [-0.1, -0.05) is 25.0 Å². The molecule has 2 aromatic carbocycles. The van der Waals surface area contributed by atoms with Gasteiger partial charge in [0.05, 0.1) is 6.04 Å². The summed E-state index contributed by atoms with van der Waals surface area (Å²) in [5, 5.41) is 2.94. The number of nitrogens with two attached hydrogens (primary N) is 2. The van der Waals surface area contributed by atoms with Gasteiger partial charge in [-0.2, -0.15) is 0 Å². The fraction of sp³-hybridized carbons (Fsp3) is 0.462. The van der Waals surface area contributed by atoms with Crippen LogP contribution in [0.5, 0.6) is 0 Å². The number of carbonyl (C=O) groups excluding carboxylic acids is 2. The predicted octanol–water partition coefficient (Wildman–Crippen LogP) is 5.11. The van der Waals surface area contributed by atoms with Crippen molar-refractivity contribution in [2.75, 3.05) is 11.1 Å². The summed E-state index contributed by atoms with van der Waals surface area (Å²) in [5.74, 6) is -0.385. The van der Waals surface area contributed by atoms with Gasteiger partial charge in [0.25, 0.3) is 0 Å². The van der Waals surface area contributed by atoms with Gasteiger partial charge < -0.3 is 21.5 Å². The molecule has 0 saturated carbocycles. The summed E-state index contributed by atoms with van der Waals surface area (Å²) in [6.45, 7) is 9.52. The zero-order valence-electron chi connectivity index (χ0n) is 20.0. The topological polar surface area (TPSA) is 107 Å². The van der Waals surface area contributed by atoms with E-state index in [0.717, 1.165) is 52.9 Å². The Bertz CT molecular complexity index is 948. The lowest BCUT2D eigenvalue weighted by atomic mass is 10.00. The minimum atomic E-state index is -0.588. The van der Waals surface area contributed by atoms with E-state index in [2.05, 4.69) is 11.4 Å². The Hall–Kier alpha value is -2.86. The number of carbonyl (C=O) groups is 2. The monoisotopic (exact) mass is 439 g/mol. The van der Waals surface area contributed by atoms with Crippen LogP contribution in [0, 0.1) is 13.8 Å². The third kappa shape index (κ3) is 8.00. The second-order valence-electron chi connectivity index (χ2n) is 9.38. The first-order valence-electron chi connectivity index (χ1n) is 11.2. The van der Waals surface area contributed by atoms with Crippen molar-refractivity contribution in [2.45, 2.75) is 78.4 Å². The van der Waals surface area contributed by atoms with Crippen molar-refractivity contribution in [1.29, 1.82) is 0 Å². The first kappa shape index (κ1) is 25.4. The van der Waals surface area contributed by atoms with Crippen molar-refractivity contribution >= 4 is 23.3 Å². The van der Waals surface area contributed by atoms with E-state index in [0.29, 0.717) is 12.8 Å². The van der Waals surface area contributed by atoms with Gasteiger partial charge in [0.15, 0.2) is 0 Å². The Kier molecular flexibility index (Phi) is 8.84. The molecule has 0 aliphatic heterocycles. The number of aryl methyl sites for hydroxylation is 2. The molecule has 0 bridgehead atoms. The maximum Gasteiger partial charge on any atom is 0.306 e. The highest BCUT2D eigenvalue weighted by Gasteiger charge is 2.17. The smallest absolute Gasteiger partial charge is 0.306 e. The molecule has 0 aliphatic rings. The maximum absolute atomic E-state index is 12.5. The molecule has 174 valence electrons. The Morgan fingerprint density at radius 3 is 2.19 bits per heavy atom. The van der Waals surface area contributed by atoms with E-state index in [4.69, 9.17) is 16.2 Å². The molecule has 6 heteroatoms. The van der Waals surface area contributed by atoms with E-state index < -0.39 is 11.6 Å². The molecule has 1 atom stereocenters. The van der Waals surface area contributed by atoms with Crippen molar-refractivity contribution in [3.8, 4) is 11.1 Å². The van der Waals surface area contributed by atoms with E-state index in [9.17, 15) is 9.59 Å². The highest BCUT2D eigenvalue weighted by molar-refractivity contribution is 5.95. The molecule has 0 saturated heterocycles. The largest absolute Gasteiger partial charge is 0.460 e. The van der Waals surface area contributed by atoms with Gasteiger partial charge in [-0.3, -0.25) is 9.59 Å². The number of rotatable bonds is 9. The number of esters is 1. The van der Waals surface area contributed by atoms with Crippen LogP contribution in [0.15, 0.2) is 36.4 Å². The van der Waals surface area contributed by atoms with Crippen LogP contribution in [0.2, 0.25) is 0 Å².